The lowest BCUT2D eigenvalue weighted by molar-refractivity contribution is 0.237. The Morgan fingerprint density at radius 1 is 1.79 bits per heavy atom. The molecule has 6 heteroatoms. The molecule has 0 atom stereocenters. The average Bonchev–Trinajstić information content (AvgIpc) is 2.19. The number of halogens is 2. The first-order valence-electron chi connectivity index (χ1n) is 3.71. The maximum Gasteiger partial charge on any atom is 0.169 e. The van der Waals surface area contributed by atoms with Crippen LogP contribution in [-0.4, -0.2) is 29.6 Å². The van der Waals surface area contributed by atoms with Crippen molar-refractivity contribution < 1.29 is 14.3 Å². The lowest BCUT2D eigenvalue weighted by atomic mass is 10.2. The van der Waals surface area contributed by atoms with Crippen LogP contribution >= 0.6 is 11.6 Å². The van der Waals surface area contributed by atoms with Crippen molar-refractivity contribution in [1.82, 2.24) is 4.98 Å². The maximum absolute atomic E-state index is 13.3. The van der Waals surface area contributed by atoms with Crippen molar-refractivity contribution in [3.8, 4) is 0 Å². The molecular weight excluding hydrogens is 211 g/mol. The van der Waals surface area contributed by atoms with E-state index in [1.54, 1.807) is 0 Å². The van der Waals surface area contributed by atoms with Gasteiger partial charge in [0.05, 0.1) is 11.6 Å². The molecule has 0 unspecified atom stereocenters. The van der Waals surface area contributed by atoms with Gasteiger partial charge in [-0.15, -0.1) is 0 Å². The van der Waals surface area contributed by atoms with E-state index in [0.717, 1.165) is 0 Å². The highest BCUT2D eigenvalue weighted by atomic mass is 35.5. The van der Waals surface area contributed by atoms with Crippen LogP contribution in [0.5, 0.6) is 0 Å². The number of pyridine rings is 1. The number of nitrogens with zero attached hydrogens (tertiary/aromatic N) is 2. The van der Waals surface area contributed by atoms with Crippen molar-refractivity contribution >= 4 is 17.3 Å². The van der Waals surface area contributed by atoms with E-state index in [2.05, 4.69) is 10.1 Å². The van der Waals surface area contributed by atoms with Crippen LogP contribution in [0.4, 0.5) is 4.39 Å². The Labute approximate surface area is 85.0 Å². The van der Waals surface area contributed by atoms with Gasteiger partial charge in [-0.05, 0) is 6.07 Å². The normalized spacial score (nSPS) is 11.8. The molecule has 0 spiro atoms. The fraction of sp³-hybridized carbons (Fsp3) is 0.250. The van der Waals surface area contributed by atoms with Crippen LogP contribution < -0.4 is 0 Å². The minimum absolute atomic E-state index is 0.00694. The van der Waals surface area contributed by atoms with Gasteiger partial charge in [-0.25, -0.2) is 4.39 Å². The SMILES string of the molecule is COC/C(=N\O)c1nccc(Cl)c1F. The minimum Gasteiger partial charge on any atom is -0.411 e. The summed E-state index contributed by atoms with van der Waals surface area (Å²) in [5.41, 5.74) is -0.116. The van der Waals surface area contributed by atoms with Crippen molar-refractivity contribution in [2.45, 2.75) is 0 Å². The molecule has 0 radical (unpaired) electrons. The fourth-order valence-electron chi connectivity index (χ4n) is 0.903. The Balaban J connectivity index is 3.11. The second-order valence-corrected chi connectivity index (χ2v) is 2.84. The first kappa shape index (κ1) is 10.9. The predicted molar refractivity (Wildman–Crippen MR) is 49.4 cm³/mol. The zero-order chi connectivity index (χ0) is 10.6. The van der Waals surface area contributed by atoms with Gasteiger partial charge in [0, 0.05) is 13.3 Å². The summed E-state index contributed by atoms with van der Waals surface area (Å²) >= 11 is 5.52. The smallest absolute Gasteiger partial charge is 0.169 e. The third kappa shape index (κ3) is 2.18. The summed E-state index contributed by atoms with van der Waals surface area (Å²) in [5, 5.41) is 11.4. The van der Waals surface area contributed by atoms with Gasteiger partial charge in [-0.1, -0.05) is 16.8 Å². The lowest BCUT2D eigenvalue weighted by Gasteiger charge is -2.04. The Kier molecular flexibility index (Phi) is 3.79. The zero-order valence-corrected chi connectivity index (χ0v) is 8.12. The highest BCUT2D eigenvalue weighted by Gasteiger charge is 2.14. The third-order valence-electron chi connectivity index (χ3n) is 1.52. The number of rotatable bonds is 3. The summed E-state index contributed by atoms with van der Waals surface area (Å²) < 4.78 is 18.0. The van der Waals surface area contributed by atoms with E-state index >= 15 is 0 Å². The molecule has 1 N–H and O–H groups in total. The van der Waals surface area contributed by atoms with E-state index in [-0.39, 0.29) is 23.0 Å². The van der Waals surface area contributed by atoms with Gasteiger partial charge in [0.2, 0.25) is 0 Å². The molecule has 14 heavy (non-hydrogen) atoms. The van der Waals surface area contributed by atoms with E-state index in [0.29, 0.717) is 0 Å². The molecule has 1 rings (SSSR count). The standard InChI is InChI=1S/C8H8ClFN2O2/c1-14-4-6(12-13)8-7(10)5(9)2-3-11-8/h2-3,13H,4H2,1H3/b12-6+. The largest absolute Gasteiger partial charge is 0.411 e. The second kappa shape index (κ2) is 4.88. The topological polar surface area (TPSA) is 54.7 Å². The fourth-order valence-corrected chi connectivity index (χ4v) is 1.05. The summed E-state index contributed by atoms with van der Waals surface area (Å²) in [7, 11) is 1.40. The Morgan fingerprint density at radius 3 is 3.07 bits per heavy atom. The van der Waals surface area contributed by atoms with Crippen molar-refractivity contribution in [3.05, 3.63) is 28.8 Å². The Bertz CT molecular complexity index is 357. The molecule has 1 heterocycles. The number of hydrogen-bond donors (Lipinski definition) is 1. The number of ether oxygens (including phenoxy) is 1. The molecule has 0 saturated carbocycles. The molecule has 0 aliphatic rings. The minimum atomic E-state index is -0.723. The molecule has 4 nitrogen and oxygen atoms in total. The average molecular weight is 219 g/mol. The van der Waals surface area contributed by atoms with Crippen LogP contribution in [0.2, 0.25) is 5.02 Å². The van der Waals surface area contributed by atoms with Gasteiger partial charge >= 0.3 is 0 Å². The molecule has 0 amide bonds. The van der Waals surface area contributed by atoms with Crippen LogP contribution in [-0.2, 0) is 4.74 Å². The van der Waals surface area contributed by atoms with Gasteiger partial charge < -0.3 is 9.94 Å². The summed E-state index contributed by atoms with van der Waals surface area (Å²) in [6, 6.07) is 1.31. The van der Waals surface area contributed by atoms with Gasteiger partial charge in [0.15, 0.2) is 5.82 Å². The molecule has 1 aromatic heterocycles. The summed E-state index contributed by atoms with van der Waals surface area (Å²) in [6.07, 6.45) is 1.32. The summed E-state index contributed by atoms with van der Waals surface area (Å²) in [5.74, 6) is -0.723. The van der Waals surface area contributed by atoms with Crippen LogP contribution in [0, 0.1) is 5.82 Å². The van der Waals surface area contributed by atoms with Crippen molar-refractivity contribution in [2.75, 3.05) is 13.7 Å². The van der Waals surface area contributed by atoms with E-state index < -0.39 is 5.82 Å². The van der Waals surface area contributed by atoms with Crippen LogP contribution in [0.15, 0.2) is 17.4 Å². The number of hydrogen-bond acceptors (Lipinski definition) is 4. The molecule has 1 aromatic rings. The number of aromatic nitrogens is 1. The van der Waals surface area contributed by atoms with E-state index in [9.17, 15) is 4.39 Å². The quantitative estimate of drug-likeness (QED) is 0.477. The van der Waals surface area contributed by atoms with Crippen LogP contribution in [0.25, 0.3) is 0 Å². The number of oxime groups is 1. The third-order valence-corrected chi connectivity index (χ3v) is 1.81. The lowest BCUT2D eigenvalue weighted by Crippen LogP contribution is -2.13. The molecule has 76 valence electrons. The maximum atomic E-state index is 13.3. The van der Waals surface area contributed by atoms with Gasteiger partial charge in [0.1, 0.15) is 11.4 Å². The van der Waals surface area contributed by atoms with Crippen molar-refractivity contribution in [3.63, 3.8) is 0 Å². The zero-order valence-electron chi connectivity index (χ0n) is 7.37. The van der Waals surface area contributed by atoms with Crippen molar-refractivity contribution in [2.24, 2.45) is 5.16 Å². The van der Waals surface area contributed by atoms with E-state index in [1.807, 2.05) is 0 Å². The molecule has 0 fully saturated rings. The summed E-state index contributed by atoms with van der Waals surface area (Å²) in [4.78, 5) is 3.70. The number of methoxy groups -OCH3 is 1. The monoisotopic (exact) mass is 218 g/mol. The van der Waals surface area contributed by atoms with Gasteiger partial charge in [0.25, 0.3) is 0 Å². The second-order valence-electron chi connectivity index (χ2n) is 2.44. The molecule has 0 saturated heterocycles. The van der Waals surface area contributed by atoms with Gasteiger partial charge in [-0.2, -0.15) is 0 Å². The molecule has 0 aromatic carbocycles. The predicted octanol–water partition coefficient (Wildman–Crippen LogP) is 1.70. The van der Waals surface area contributed by atoms with Crippen LogP contribution in [0.3, 0.4) is 0 Å². The molecular formula is C8H8ClFN2O2. The molecule has 0 aliphatic carbocycles. The van der Waals surface area contributed by atoms with E-state index in [1.165, 1.54) is 19.4 Å². The molecule has 0 aliphatic heterocycles. The molecule has 0 bridgehead atoms. The Morgan fingerprint density at radius 2 is 2.50 bits per heavy atom. The Hall–Kier alpha value is -1.20. The van der Waals surface area contributed by atoms with E-state index in [4.69, 9.17) is 21.5 Å². The summed E-state index contributed by atoms with van der Waals surface area (Å²) in [6.45, 7) is -0.0409. The highest BCUT2D eigenvalue weighted by Crippen LogP contribution is 2.16. The first-order chi connectivity index (χ1) is 6.70. The first-order valence-corrected chi connectivity index (χ1v) is 4.08. The van der Waals surface area contributed by atoms with Crippen molar-refractivity contribution in [1.29, 1.82) is 0 Å². The van der Waals surface area contributed by atoms with Gasteiger partial charge in [-0.3, -0.25) is 4.98 Å². The van der Waals surface area contributed by atoms with Crippen LogP contribution in [0.1, 0.15) is 5.69 Å². The highest BCUT2D eigenvalue weighted by molar-refractivity contribution is 6.31.